The predicted molar refractivity (Wildman–Crippen MR) is 86.2 cm³/mol. The van der Waals surface area contributed by atoms with Crippen molar-refractivity contribution in [2.24, 2.45) is 0 Å². The number of nitrogens with zero attached hydrogens (tertiary/aromatic N) is 2. The highest BCUT2D eigenvalue weighted by atomic mass is 35.5. The summed E-state index contributed by atoms with van der Waals surface area (Å²) in [7, 11) is 0.243. The Morgan fingerprint density at radius 2 is 2.14 bits per heavy atom. The van der Waals surface area contributed by atoms with Gasteiger partial charge in [0.2, 0.25) is 10.0 Å². The maximum atomic E-state index is 12.9. The van der Waals surface area contributed by atoms with Gasteiger partial charge >= 0.3 is 0 Å². The number of benzene rings is 1. The molecule has 1 atom stereocenters. The smallest absolute Gasteiger partial charge is 0.243 e. The van der Waals surface area contributed by atoms with Gasteiger partial charge in [0, 0.05) is 25.5 Å². The highest BCUT2D eigenvalue weighted by Crippen LogP contribution is 2.25. The summed E-state index contributed by atoms with van der Waals surface area (Å²) < 4.78 is 27.3. The first-order valence-electron chi connectivity index (χ1n) is 7.18. The summed E-state index contributed by atoms with van der Waals surface area (Å²) in [6.07, 6.45) is 1.94. The lowest BCUT2D eigenvalue weighted by Crippen LogP contribution is -2.47. The third kappa shape index (κ3) is 3.59. The molecule has 1 fully saturated rings. The zero-order valence-corrected chi connectivity index (χ0v) is 14.4. The number of hydrogen-bond acceptors (Lipinski definition) is 3. The quantitative estimate of drug-likeness (QED) is 0.796. The minimum absolute atomic E-state index is 0.0350. The minimum atomic E-state index is -3.48. The Balaban J connectivity index is 2.32. The largest absolute Gasteiger partial charge is 0.305 e. The average Bonchev–Trinajstić information content (AvgIpc) is 2.46. The molecule has 0 saturated carbocycles. The van der Waals surface area contributed by atoms with Gasteiger partial charge in [-0.2, -0.15) is 4.31 Å². The molecule has 1 aromatic carbocycles. The van der Waals surface area contributed by atoms with Crippen LogP contribution in [0.1, 0.15) is 24.0 Å². The summed E-state index contributed by atoms with van der Waals surface area (Å²) in [6, 6.07) is 5.43. The molecule has 21 heavy (non-hydrogen) atoms. The average molecular weight is 331 g/mol. The maximum absolute atomic E-state index is 12.9. The van der Waals surface area contributed by atoms with Crippen molar-refractivity contribution in [3.63, 3.8) is 0 Å². The Hall–Kier alpha value is -0.620. The van der Waals surface area contributed by atoms with Crippen LogP contribution in [0.15, 0.2) is 23.1 Å². The molecule has 0 N–H and O–H groups in total. The lowest BCUT2D eigenvalue weighted by atomic mass is 10.1. The molecule has 0 bridgehead atoms. The van der Waals surface area contributed by atoms with Crippen molar-refractivity contribution in [1.82, 2.24) is 9.21 Å². The Morgan fingerprint density at radius 3 is 2.76 bits per heavy atom. The lowest BCUT2D eigenvalue weighted by molar-refractivity contribution is 0.187. The van der Waals surface area contributed by atoms with Crippen LogP contribution in [0, 0.1) is 6.92 Å². The van der Waals surface area contributed by atoms with Crippen LogP contribution in [-0.2, 0) is 15.9 Å². The number of halogens is 1. The van der Waals surface area contributed by atoms with E-state index >= 15 is 0 Å². The molecule has 4 nitrogen and oxygen atoms in total. The second-order valence-electron chi connectivity index (χ2n) is 5.81. The highest BCUT2D eigenvalue weighted by Gasteiger charge is 2.31. The van der Waals surface area contributed by atoms with E-state index in [1.807, 2.05) is 26.1 Å². The summed E-state index contributed by atoms with van der Waals surface area (Å²) in [5, 5.41) is 0. The molecule has 2 rings (SSSR count). The number of hydrogen-bond donors (Lipinski definition) is 0. The number of likely N-dealkylation sites (N-methyl/N-ethyl adjacent to an activating group) is 2. The summed E-state index contributed by atoms with van der Waals surface area (Å²) in [5.41, 5.74) is 1.59. The van der Waals surface area contributed by atoms with E-state index in [1.54, 1.807) is 13.1 Å². The molecule has 6 heteroatoms. The molecule has 118 valence electrons. The Labute approximate surface area is 132 Å². The van der Waals surface area contributed by atoms with E-state index in [0.29, 0.717) is 10.8 Å². The second kappa shape index (κ2) is 6.65. The maximum Gasteiger partial charge on any atom is 0.243 e. The summed E-state index contributed by atoms with van der Waals surface area (Å²) in [4.78, 5) is 2.55. The SMILES string of the molecule is Cc1ccc(CCl)cc1S(=O)(=O)N(C)C1CCCN(C)C1. The second-order valence-corrected chi connectivity index (χ2v) is 8.05. The molecule has 0 aromatic heterocycles. The monoisotopic (exact) mass is 330 g/mol. The van der Waals surface area contributed by atoms with Crippen molar-refractivity contribution >= 4 is 21.6 Å². The molecule has 1 heterocycles. The van der Waals surface area contributed by atoms with Crippen molar-refractivity contribution in [2.45, 2.75) is 36.6 Å². The van der Waals surface area contributed by atoms with Gasteiger partial charge in [-0.3, -0.25) is 0 Å². The molecule has 0 aliphatic carbocycles. The molecule has 1 aromatic rings. The van der Waals surface area contributed by atoms with E-state index in [1.165, 1.54) is 4.31 Å². The van der Waals surface area contributed by atoms with Gasteiger partial charge in [0.25, 0.3) is 0 Å². The Morgan fingerprint density at radius 1 is 1.43 bits per heavy atom. The first-order chi connectivity index (χ1) is 9.86. The number of likely N-dealkylation sites (tertiary alicyclic amines) is 1. The number of rotatable bonds is 4. The van der Waals surface area contributed by atoms with E-state index in [4.69, 9.17) is 11.6 Å². The van der Waals surface area contributed by atoms with E-state index in [0.717, 1.165) is 37.1 Å². The third-order valence-electron chi connectivity index (χ3n) is 4.18. The van der Waals surface area contributed by atoms with E-state index in [9.17, 15) is 8.42 Å². The van der Waals surface area contributed by atoms with Crippen molar-refractivity contribution in [3.8, 4) is 0 Å². The standard InChI is InChI=1S/C15H23ClN2O2S/c1-12-6-7-13(10-16)9-15(12)21(19,20)18(3)14-5-4-8-17(2)11-14/h6-7,9,14H,4-5,8,10-11H2,1-3H3. The van der Waals surface area contributed by atoms with Gasteiger partial charge in [0.05, 0.1) is 4.90 Å². The van der Waals surface area contributed by atoms with Gasteiger partial charge in [-0.1, -0.05) is 12.1 Å². The van der Waals surface area contributed by atoms with Crippen LogP contribution in [0.4, 0.5) is 0 Å². The molecule has 1 unspecified atom stereocenters. The molecular weight excluding hydrogens is 308 g/mol. The molecule has 1 aliphatic heterocycles. The lowest BCUT2D eigenvalue weighted by Gasteiger charge is -2.35. The van der Waals surface area contributed by atoms with Gasteiger partial charge in [-0.25, -0.2) is 8.42 Å². The summed E-state index contributed by atoms with van der Waals surface area (Å²) >= 11 is 5.83. The number of sulfonamides is 1. The zero-order chi connectivity index (χ0) is 15.6. The summed E-state index contributed by atoms with van der Waals surface area (Å²) in [5.74, 6) is 0.318. The van der Waals surface area contributed by atoms with Crippen LogP contribution in [0.5, 0.6) is 0 Å². The molecule has 1 aliphatic rings. The van der Waals surface area contributed by atoms with E-state index in [2.05, 4.69) is 4.90 Å². The van der Waals surface area contributed by atoms with E-state index in [-0.39, 0.29) is 6.04 Å². The molecule has 1 saturated heterocycles. The van der Waals surface area contributed by atoms with Crippen molar-refractivity contribution in [1.29, 1.82) is 0 Å². The van der Waals surface area contributed by atoms with Gasteiger partial charge in [0.1, 0.15) is 0 Å². The van der Waals surface area contributed by atoms with Crippen LogP contribution >= 0.6 is 11.6 Å². The number of piperidine rings is 1. The Bertz CT molecular complexity index is 604. The van der Waals surface area contributed by atoms with Crippen LogP contribution in [-0.4, -0.2) is 50.8 Å². The van der Waals surface area contributed by atoms with Gasteiger partial charge in [-0.15, -0.1) is 11.6 Å². The fraction of sp³-hybridized carbons (Fsp3) is 0.600. The van der Waals surface area contributed by atoms with Gasteiger partial charge in [-0.05, 0) is 50.6 Å². The van der Waals surface area contributed by atoms with E-state index < -0.39 is 10.0 Å². The highest BCUT2D eigenvalue weighted by molar-refractivity contribution is 7.89. The van der Waals surface area contributed by atoms with Gasteiger partial charge in [0.15, 0.2) is 0 Å². The van der Waals surface area contributed by atoms with Crippen LogP contribution in [0.2, 0.25) is 0 Å². The molecular formula is C15H23ClN2O2S. The Kier molecular flexibility index (Phi) is 5.30. The number of aryl methyl sites for hydroxylation is 1. The van der Waals surface area contributed by atoms with Crippen molar-refractivity contribution < 1.29 is 8.42 Å². The fourth-order valence-electron chi connectivity index (χ4n) is 2.79. The molecule has 0 spiro atoms. The normalized spacial score (nSPS) is 20.9. The fourth-order valence-corrected chi connectivity index (χ4v) is 4.61. The minimum Gasteiger partial charge on any atom is -0.305 e. The van der Waals surface area contributed by atoms with Gasteiger partial charge < -0.3 is 4.90 Å². The first kappa shape index (κ1) is 16.7. The number of alkyl halides is 1. The predicted octanol–water partition coefficient (Wildman–Crippen LogP) is 2.45. The van der Waals surface area contributed by atoms with Crippen molar-refractivity contribution in [3.05, 3.63) is 29.3 Å². The summed E-state index contributed by atoms with van der Waals surface area (Å²) in [6.45, 7) is 3.64. The van der Waals surface area contributed by atoms with Crippen molar-refractivity contribution in [2.75, 3.05) is 27.2 Å². The first-order valence-corrected chi connectivity index (χ1v) is 9.16. The molecule has 0 radical (unpaired) electrons. The topological polar surface area (TPSA) is 40.6 Å². The van der Waals surface area contributed by atoms with Crippen LogP contribution in [0.25, 0.3) is 0 Å². The van der Waals surface area contributed by atoms with Crippen LogP contribution < -0.4 is 0 Å². The van der Waals surface area contributed by atoms with Crippen LogP contribution in [0.3, 0.4) is 0 Å². The third-order valence-corrected chi connectivity index (χ3v) is 6.54. The molecule has 0 amide bonds. The zero-order valence-electron chi connectivity index (χ0n) is 12.8.